The molecule has 2 aromatic carbocycles. The summed E-state index contributed by atoms with van der Waals surface area (Å²) < 4.78 is 6.05. The second kappa shape index (κ2) is 6.34. The Morgan fingerprint density at radius 1 is 1.20 bits per heavy atom. The van der Waals surface area contributed by atoms with Gasteiger partial charge in [0.05, 0.1) is 18.7 Å². The first-order valence-corrected chi connectivity index (χ1v) is 9.30. The predicted octanol–water partition coefficient (Wildman–Crippen LogP) is 5.37. The molecule has 0 spiro atoms. The number of carbonyl (C=O) groups is 1. The van der Waals surface area contributed by atoms with Crippen molar-refractivity contribution in [3.05, 3.63) is 75.3 Å². The summed E-state index contributed by atoms with van der Waals surface area (Å²) >= 11 is 3.70. The SMILES string of the molecule is COC(=O)c1ccc2c(c1C)N[C@@H](c1ccccc1Br)[C@@H]1CC=C[C@H]21. The molecule has 0 fully saturated rings. The molecule has 4 heteroatoms. The van der Waals surface area contributed by atoms with Gasteiger partial charge in [-0.15, -0.1) is 0 Å². The van der Waals surface area contributed by atoms with E-state index >= 15 is 0 Å². The maximum Gasteiger partial charge on any atom is 0.338 e. The van der Waals surface area contributed by atoms with Crippen molar-refractivity contribution in [2.24, 2.45) is 5.92 Å². The van der Waals surface area contributed by atoms with Gasteiger partial charge in [-0.2, -0.15) is 0 Å². The van der Waals surface area contributed by atoms with E-state index in [9.17, 15) is 4.79 Å². The summed E-state index contributed by atoms with van der Waals surface area (Å²) in [5.41, 5.74) is 5.18. The highest BCUT2D eigenvalue weighted by Crippen LogP contribution is 2.51. The van der Waals surface area contributed by atoms with E-state index in [1.54, 1.807) is 0 Å². The zero-order valence-electron chi connectivity index (χ0n) is 14.3. The number of esters is 1. The van der Waals surface area contributed by atoms with Gasteiger partial charge in [0.2, 0.25) is 0 Å². The molecule has 0 radical (unpaired) electrons. The summed E-state index contributed by atoms with van der Waals surface area (Å²) in [6, 6.07) is 12.5. The van der Waals surface area contributed by atoms with Crippen LogP contribution in [0.3, 0.4) is 0 Å². The Morgan fingerprint density at radius 2 is 2.00 bits per heavy atom. The molecule has 0 saturated heterocycles. The molecule has 0 saturated carbocycles. The minimum Gasteiger partial charge on any atom is -0.465 e. The van der Waals surface area contributed by atoms with Crippen molar-refractivity contribution in [1.82, 2.24) is 0 Å². The first-order valence-electron chi connectivity index (χ1n) is 8.51. The average molecular weight is 398 g/mol. The van der Waals surface area contributed by atoms with Gasteiger partial charge in [-0.1, -0.05) is 52.3 Å². The second-order valence-corrected chi connectivity index (χ2v) is 7.55. The third-order valence-electron chi connectivity index (χ3n) is 5.44. The average Bonchev–Trinajstić information content (AvgIpc) is 3.11. The van der Waals surface area contributed by atoms with Crippen LogP contribution in [0.4, 0.5) is 5.69 Å². The van der Waals surface area contributed by atoms with Gasteiger partial charge in [0.25, 0.3) is 0 Å². The van der Waals surface area contributed by atoms with E-state index in [2.05, 4.69) is 57.7 Å². The molecule has 1 N–H and O–H groups in total. The molecule has 0 bridgehead atoms. The molecule has 1 aliphatic heterocycles. The number of nitrogens with one attached hydrogen (secondary N) is 1. The smallest absolute Gasteiger partial charge is 0.338 e. The number of rotatable bonds is 2. The zero-order valence-corrected chi connectivity index (χ0v) is 15.8. The van der Waals surface area contributed by atoms with Crippen LogP contribution in [-0.4, -0.2) is 13.1 Å². The maximum absolute atomic E-state index is 12.1. The van der Waals surface area contributed by atoms with Gasteiger partial charge in [-0.3, -0.25) is 0 Å². The van der Waals surface area contributed by atoms with Gasteiger partial charge in [-0.25, -0.2) is 4.79 Å². The monoisotopic (exact) mass is 397 g/mol. The molecule has 2 aromatic rings. The van der Waals surface area contributed by atoms with Crippen molar-refractivity contribution in [3.8, 4) is 0 Å². The van der Waals surface area contributed by atoms with Gasteiger partial charge < -0.3 is 10.1 Å². The summed E-state index contributed by atoms with van der Waals surface area (Å²) in [4.78, 5) is 12.1. The fraction of sp³-hybridized carbons (Fsp3) is 0.286. The lowest BCUT2D eigenvalue weighted by molar-refractivity contribution is 0.0600. The number of carbonyl (C=O) groups excluding carboxylic acids is 1. The molecule has 128 valence electrons. The molecule has 25 heavy (non-hydrogen) atoms. The number of allylic oxidation sites excluding steroid dienone is 2. The van der Waals surface area contributed by atoms with Crippen LogP contribution in [0.2, 0.25) is 0 Å². The van der Waals surface area contributed by atoms with E-state index in [0.717, 1.165) is 22.1 Å². The molecule has 0 amide bonds. The lowest BCUT2D eigenvalue weighted by Crippen LogP contribution is -2.30. The molecule has 3 atom stereocenters. The van der Waals surface area contributed by atoms with Gasteiger partial charge in [0, 0.05) is 16.1 Å². The van der Waals surface area contributed by atoms with E-state index in [1.165, 1.54) is 18.2 Å². The van der Waals surface area contributed by atoms with E-state index in [4.69, 9.17) is 4.74 Å². The van der Waals surface area contributed by atoms with Crippen molar-refractivity contribution in [3.63, 3.8) is 0 Å². The van der Waals surface area contributed by atoms with E-state index in [0.29, 0.717) is 17.4 Å². The maximum atomic E-state index is 12.1. The first-order chi connectivity index (χ1) is 12.1. The quantitative estimate of drug-likeness (QED) is 0.546. The number of benzene rings is 2. The van der Waals surface area contributed by atoms with Gasteiger partial charge in [-0.05, 0) is 48.1 Å². The van der Waals surface area contributed by atoms with Crippen LogP contribution in [-0.2, 0) is 4.74 Å². The van der Waals surface area contributed by atoms with Crippen LogP contribution >= 0.6 is 15.9 Å². The van der Waals surface area contributed by atoms with Crippen molar-refractivity contribution >= 4 is 27.6 Å². The zero-order chi connectivity index (χ0) is 17.6. The van der Waals surface area contributed by atoms with Crippen molar-refractivity contribution in [1.29, 1.82) is 0 Å². The lowest BCUT2D eigenvalue weighted by atomic mass is 9.76. The molecular formula is C21H20BrNO2. The Bertz CT molecular complexity index is 874. The molecule has 0 aromatic heterocycles. The Balaban J connectivity index is 1.85. The van der Waals surface area contributed by atoms with Crippen molar-refractivity contribution < 1.29 is 9.53 Å². The largest absolute Gasteiger partial charge is 0.465 e. The minimum absolute atomic E-state index is 0.203. The van der Waals surface area contributed by atoms with Crippen LogP contribution in [0.5, 0.6) is 0 Å². The van der Waals surface area contributed by atoms with E-state index in [1.807, 2.05) is 19.1 Å². The third-order valence-corrected chi connectivity index (χ3v) is 6.17. The Kier molecular flexibility index (Phi) is 4.16. The summed E-state index contributed by atoms with van der Waals surface area (Å²) in [6.07, 6.45) is 5.64. The van der Waals surface area contributed by atoms with E-state index in [-0.39, 0.29) is 12.0 Å². The van der Waals surface area contributed by atoms with E-state index < -0.39 is 0 Å². The highest BCUT2D eigenvalue weighted by Gasteiger charge is 2.39. The number of fused-ring (bicyclic) bond motifs is 3. The van der Waals surface area contributed by atoms with Crippen LogP contribution in [0.1, 0.15) is 45.4 Å². The first kappa shape index (κ1) is 16.4. The molecule has 2 aliphatic rings. The lowest BCUT2D eigenvalue weighted by Gasteiger charge is -2.39. The Morgan fingerprint density at radius 3 is 2.76 bits per heavy atom. The van der Waals surface area contributed by atoms with Crippen LogP contribution in [0.15, 0.2) is 53.0 Å². The fourth-order valence-electron chi connectivity index (χ4n) is 4.18. The topological polar surface area (TPSA) is 38.3 Å². The summed E-state index contributed by atoms with van der Waals surface area (Å²) in [6.45, 7) is 1.99. The standard InChI is InChI=1S/C21H20BrNO2/c1-12-13(21(24)25-2)10-11-16-14-7-5-8-15(14)20(23-19(12)16)17-6-3-4-9-18(17)22/h3-7,9-11,14-15,20,23H,8H2,1-2H3/t14-,15+,20+/m0/s1. The van der Waals surface area contributed by atoms with Crippen LogP contribution in [0, 0.1) is 12.8 Å². The molecule has 1 heterocycles. The van der Waals surface area contributed by atoms with Crippen LogP contribution < -0.4 is 5.32 Å². The summed E-state index contributed by atoms with van der Waals surface area (Å²) in [5, 5.41) is 3.74. The summed E-state index contributed by atoms with van der Waals surface area (Å²) in [5.74, 6) is 0.567. The van der Waals surface area contributed by atoms with Gasteiger partial charge in [0.1, 0.15) is 0 Å². The molecule has 4 rings (SSSR count). The molecule has 1 aliphatic carbocycles. The predicted molar refractivity (Wildman–Crippen MR) is 103 cm³/mol. The third kappa shape index (κ3) is 2.60. The second-order valence-electron chi connectivity index (χ2n) is 6.69. The highest BCUT2D eigenvalue weighted by molar-refractivity contribution is 9.10. The van der Waals surface area contributed by atoms with Crippen molar-refractivity contribution in [2.75, 3.05) is 12.4 Å². The van der Waals surface area contributed by atoms with Crippen LogP contribution in [0.25, 0.3) is 0 Å². The number of anilines is 1. The highest BCUT2D eigenvalue weighted by atomic mass is 79.9. The normalized spacial score (nSPS) is 23.6. The van der Waals surface area contributed by atoms with Crippen molar-refractivity contribution in [2.45, 2.75) is 25.3 Å². The fourth-order valence-corrected chi connectivity index (χ4v) is 4.71. The van der Waals surface area contributed by atoms with Gasteiger partial charge >= 0.3 is 5.97 Å². The summed E-state index contributed by atoms with van der Waals surface area (Å²) in [7, 11) is 1.42. The molecule has 3 nitrogen and oxygen atoms in total. The van der Waals surface area contributed by atoms with Gasteiger partial charge in [0.15, 0.2) is 0 Å². The number of ether oxygens (including phenoxy) is 1. The number of methoxy groups -OCH3 is 1. The molecular weight excluding hydrogens is 378 g/mol. The number of hydrogen-bond acceptors (Lipinski definition) is 3. The molecule has 0 unspecified atom stereocenters. The Labute approximate surface area is 156 Å². The number of halogens is 1. The number of hydrogen-bond donors (Lipinski definition) is 1. The Hall–Kier alpha value is -2.07. The minimum atomic E-state index is -0.288.